The highest BCUT2D eigenvalue weighted by Crippen LogP contribution is 2.24. The van der Waals surface area contributed by atoms with E-state index in [0.717, 1.165) is 10.0 Å². The molecule has 4 heteroatoms. The van der Waals surface area contributed by atoms with Crippen molar-refractivity contribution in [2.45, 2.75) is 6.10 Å². The third-order valence-electron chi connectivity index (χ3n) is 2.59. The van der Waals surface area contributed by atoms with E-state index >= 15 is 0 Å². The second-order valence-electron chi connectivity index (χ2n) is 3.89. The van der Waals surface area contributed by atoms with E-state index in [1.807, 2.05) is 42.5 Å². The molecule has 0 saturated heterocycles. The molecule has 19 heavy (non-hydrogen) atoms. The first kappa shape index (κ1) is 13.6. The van der Waals surface area contributed by atoms with Crippen molar-refractivity contribution in [3.63, 3.8) is 0 Å². The molecule has 0 heterocycles. The van der Waals surface area contributed by atoms with Gasteiger partial charge >= 0.3 is 5.97 Å². The van der Waals surface area contributed by atoms with Crippen molar-refractivity contribution < 1.29 is 14.3 Å². The molecule has 0 radical (unpaired) electrons. The SMILES string of the molecule is COC(=O)C(Oc1ccccc1)c1ccc(Br)cc1. The van der Waals surface area contributed by atoms with E-state index in [1.165, 1.54) is 7.11 Å². The molecule has 1 atom stereocenters. The number of hydrogen-bond acceptors (Lipinski definition) is 3. The van der Waals surface area contributed by atoms with Gasteiger partial charge in [-0.05, 0) is 24.3 Å². The third kappa shape index (κ3) is 3.58. The molecule has 0 aliphatic heterocycles. The maximum Gasteiger partial charge on any atom is 0.351 e. The van der Waals surface area contributed by atoms with Crippen molar-refractivity contribution in [3.05, 3.63) is 64.6 Å². The van der Waals surface area contributed by atoms with Gasteiger partial charge in [0.25, 0.3) is 0 Å². The molecule has 0 aliphatic carbocycles. The Labute approximate surface area is 120 Å². The minimum atomic E-state index is -0.763. The van der Waals surface area contributed by atoms with Crippen molar-refractivity contribution in [2.24, 2.45) is 0 Å². The molecule has 3 nitrogen and oxygen atoms in total. The molecule has 2 aromatic rings. The summed E-state index contributed by atoms with van der Waals surface area (Å²) in [7, 11) is 1.35. The highest BCUT2D eigenvalue weighted by Gasteiger charge is 2.23. The molecular weight excluding hydrogens is 308 g/mol. The van der Waals surface area contributed by atoms with E-state index in [9.17, 15) is 4.79 Å². The molecule has 0 amide bonds. The van der Waals surface area contributed by atoms with Crippen LogP contribution in [0.2, 0.25) is 0 Å². The van der Waals surface area contributed by atoms with Crippen LogP contribution in [0.25, 0.3) is 0 Å². The fraction of sp³-hybridized carbons (Fsp3) is 0.133. The van der Waals surface area contributed by atoms with E-state index in [2.05, 4.69) is 15.9 Å². The molecule has 1 unspecified atom stereocenters. The van der Waals surface area contributed by atoms with Gasteiger partial charge in [-0.1, -0.05) is 46.3 Å². The van der Waals surface area contributed by atoms with Crippen LogP contribution in [0.5, 0.6) is 5.75 Å². The number of benzene rings is 2. The molecule has 98 valence electrons. The Hall–Kier alpha value is -1.81. The Kier molecular flexibility index (Phi) is 4.58. The molecule has 0 bridgehead atoms. The van der Waals surface area contributed by atoms with Crippen LogP contribution in [0.4, 0.5) is 0 Å². The summed E-state index contributed by atoms with van der Waals surface area (Å²) in [4.78, 5) is 11.8. The van der Waals surface area contributed by atoms with Gasteiger partial charge in [0.05, 0.1) is 7.11 Å². The second-order valence-corrected chi connectivity index (χ2v) is 4.80. The van der Waals surface area contributed by atoms with Crippen LogP contribution in [0.1, 0.15) is 11.7 Å². The maximum absolute atomic E-state index is 11.8. The minimum Gasteiger partial charge on any atom is -0.474 e. The zero-order chi connectivity index (χ0) is 13.7. The lowest BCUT2D eigenvalue weighted by atomic mass is 10.1. The lowest BCUT2D eigenvalue weighted by Crippen LogP contribution is -2.20. The van der Waals surface area contributed by atoms with Crippen molar-refractivity contribution in [1.82, 2.24) is 0 Å². The van der Waals surface area contributed by atoms with Gasteiger partial charge in [-0.2, -0.15) is 0 Å². The standard InChI is InChI=1S/C15H13BrO3/c1-18-15(17)14(11-7-9-12(16)10-8-11)19-13-5-3-2-4-6-13/h2-10,14H,1H3. The van der Waals surface area contributed by atoms with Crippen LogP contribution >= 0.6 is 15.9 Å². The van der Waals surface area contributed by atoms with Gasteiger partial charge in [0.2, 0.25) is 6.10 Å². The number of methoxy groups -OCH3 is 1. The monoisotopic (exact) mass is 320 g/mol. The zero-order valence-electron chi connectivity index (χ0n) is 10.4. The van der Waals surface area contributed by atoms with Crippen molar-refractivity contribution in [3.8, 4) is 5.75 Å². The average molecular weight is 321 g/mol. The Bertz CT molecular complexity index is 537. The van der Waals surface area contributed by atoms with Crippen molar-refractivity contribution >= 4 is 21.9 Å². The van der Waals surface area contributed by atoms with E-state index in [-0.39, 0.29) is 0 Å². The minimum absolute atomic E-state index is 0.425. The Balaban J connectivity index is 2.26. The van der Waals surface area contributed by atoms with Crippen molar-refractivity contribution in [1.29, 1.82) is 0 Å². The first-order valence-electron chi connectivity index (χ1n) is 5.75. The molecule has 0 saturated carbocycles. The summed E-state index contributed by atoms with van der Waals surface area (Å²) in [6.45, 7) is 0. The van der Waals surface area contributed by atoms with Gasteiger partial charge < -0.3 is 9.47 Å². The number of carbonyl (C=O) groups is 1. The van der Waals surface area contributed by atoms with Gasteiger partial charge in [-0.15, -0.1) is 0 Å². The summed E-state index contributed by atoms with van der Waals surface area (Å²) in [5.74, 6) is 0.201. The zero-order valence-corrected chi connectivity index (χ0v) is 12.0. The number of halogens is 1. The van der Waals surface area contributed by atoms with Gasteiger partial charge in [-0.25, -0.2) is 4.79 Å². The van der Waals surface area contributed by atoms with Crippen LogP contribution in [0.15, 0.2) is 59.1 Å². The van der Waals surface area contributed by atoms with Crippen LogP contribution in [0, 0.1) is 0 Å². The summed E-state index contributed by atoms with van der Waals surface area (Å²) < 4.78 is 11.4. The number of hydrogen-bond donors (Lipinski definition) is 0. The first-order chi connectivity index (χ1) is 9.20. The lowest BCUT2D eigenvalue weighted by molar-refractivity contribution is -0.149. The molecule has 0 aliphatic rings. The second kappa shape index (κ2) is 6.38. The number of para-hydroxylation sites is 1. The topological polar surface area (TPSA) is 35.5 Å². The van der Waals surface area contributed by atoms with Gasteiger partial charge in [0, 0.05) is 10.0 Å². The predicted octanol–water partition coefficient (Wildman–Crippen LogP) is 3.74. The highest BCUT2D eigenvalue weighted by atomic mass is 79.9. The van der Waals surface area contributed by atoms with E-state index in [1.54, 1.807) is 12.1 Å². The van der Waals surface area contributed by atoms with E-state index < -0.39 is 12.1 Å². The van der Waals surface area contributed by atoms with E-state index in [0.29, 0.717) is 5.75 Å². The average Bonchev–Trinajstić information content (AvgIpc) is 2.46. The Morgan fingerprint density at radius 1 is 1.05 bits per heavy atom. The largest absolute Gasteiger partial charge is 0.474 e. The Morgan fingerprint density at radius 3 is 2.26 bits per heavy atom. The van der Waals surface area contributed by atoms with Crippen LogP contribution in [0.3, 0.4) is 0 Å². The Morgan fingerprint density at radius 2 is 1.68 bits per heavy atom. The summed E-state index contributed by atoms with van der Waals surface area (Å²) in [6, 6.07) is 16.6. The molecule has 0 spiro atoms. The highest BCUT2D eigenvalue weighted by molar-refractivity contribution is 9.10. The van der Waals surface area contributed by atoms with Crippen LogP contribution < -0.4 is 4.74 Å². The third-order valence-corrected chi connectivity index (χ3v) is 3.11. The summed E-state index contributed by atoms with van der Waals surface area (Å²) in [5.41, 5.74) is 0.749. The predicted molar refractivity (Wildman–Crippen MR) is 76.0 cm³/mol. The maximum atomic E-state index is 11.8. The molecule has 0 fully saturated rings. The van der Waals surface area contributed by atoms with Gasteiger partial charge in [0.15, 0.2) is 0 Å². The molecule has 0 N–H and O–H groups in total. The smallest absolute Gasteiger partial charge is 0.351 e. The van der Waals surface area contributed by atoms with Gasteiger partial charge in [-0.3, -0.25) is 0 Å². The molecule has 0 aromatic heterocycles. The summed E-state index contributed by atoms with van der Waals surface area (Å²) in [5, 5.41) is 0. The molecule has 2 rings (SSSR count). The number of ether oxygens (including phenoxy) is 2. The molecular formula is C15H13BrO3. The van der Waals surface area contributed by atoms with Crippen LogP contribution in [-0.2, 0) is 9.53 Å². The number of rotatable bonds is 4. The number of carbonyl (C=O) groups excluding carboxylic acids is 1. The van der Waals surface area contributed by atoms with E-state index in [4.69, 9.17) is 9.47 Å². The summed E-state index contributed by atoms with van der Waals surface area (Å²) in [6.07, 6.45) is -0.763. The normalized spacial score (nSPS) is 11.7. The number of esters is 1. The quantitative estimate of drug-likeness (QED) is 0.805. The fourth-order valence-corrected chi connectivity index (χ4v) is 1.90. The summed E-state index contributed by atoms with van der Waals surface area (Å²) >= 11 is 3.36. The first-order valence-corrected chi connectivity index (χ1v) is 6.55. The van der Waals surface area contributed by atoms with Crippen LogP contribution in [-0.4, -0.2) is 13.1 Å². The fourth-order valence-electron chi connectivity index (χ4n) is 1.63. The van der Waals surface area contributed by atoms with Gasteiger partial charge in [0.1, 0.15) is 5.75 Å². The van der Waals surface area contributed by atoms with Crippen molar-refractivity contribution in [2.75, 3.05) is 7.11 Å². The molecule has 2 aromatic carbocycles. The lowest BCUT2D eigenvalue weighted by Gasteiger charge is -2.17.